The Morgan fingerprint density at radius 1 is 1.24 bits per heavy atom. The van der Waals surface area contributed by atoms with Crippen molar-refractivity contribution in [3.63, 3.8) is 0 Å². The number of benzene rings is 1. The molecule has 0 spiro atoms. The highest BCUT2D eigenvalue weighted by Gasteiger charge is 2.38. The van der Waals surface area contributed by atoms with E-state index in [1.54, 1.807) is 19.1 Å². The zero-order valence-corrected chi connectivity index (χ0v) is 15.7. The van der Waals surface area contributed by atoms with E-state index in [4.69, 9.17) is 5.73 Å². The summed E-state index contributed by atoms with van der Waals surface area (Å²) in [5.41, 5.74) is 6.93. The van der Waals surface area contributed by atoms with Crippen LogP contribution in [0.5, 0.6) is 0 Å². The van der Waals surface area contributed by atoms with Gasteiger partial charge < -0.3 is 11.1 Å². The van der Waals surface area contributed by atoms with E-state index >= 15 is 0 Å². The third-order valence-electron chi connectivity index (χ3n) is 5.22. The number of sulfonamides is 1. The average Bonchev–Trinajstić information content (AvgIpc) is 3.31. The van der Waals surface area contributed by atoms with Gasteiger partial charge in [0.25, 0.3) is 0 Å². The van der Waals surface area contributed by atoms with E-state index in [1.165, 1.54) is 6.07 Å². The summed E-state index contributed by atoms with van der Waals surface area (Å²) in [6, 6.07) is 5.04. The second-order valence-corrected chi connectivity index (χ2v) is 9.35. The van der Waals surface area contributed by atoms with Crippen LogP contribution in [0.25, 0.3) is 0 Å². The number of hydrogen-bond acceptors (Lipinski definition) is 4. The van der Waals surface area contributed by atoms with Crippen molar-refractivity contribution in [1.82, 2.24) is 4.72 Å². The van der Waals surface area contributed by atoms with Crippen LogP contribution in [0.15, 0.2) is 23.1 Å². The smallest absolute Gasteiger partial charge is 0.241 e. The maximum Gasteiger partial charge on any atom is 0.241 e. The summed E-state index contributed by atoms with van der Waals surface area (Å²) in [5.74, 6) is -0.390. The molecule has 0 aliphatic heterocycles. The Labute approximate surface area is 149 Å². The van der Waals surface area contributed by atoms with Gasteiger partial charge in [-0.25, -0.2) is 13.1 Å². The fraction of sp³-hybridized carbons (Fsp3) is 0.611. The summed E-state index contributed by atoms with van der Waals surface area (Å²) < 4.78 is 27.7. The Kier molecular flexibility index (Phi) is 4.92. The molecule has 1 aromatic rings. The zero-order chi connectivity index (χ0) is 18.2. The first-order valence-electron chi connectivity index (χ1n) is 8.92. The normalized spacial score (nSPS) is 27.1. The molecule has 3 rings (SSSR count). The minimum Gasteiger partial charge on any atom is -0.326 e. The molecule has 7 heteroatoms. The van der Waals surface area contributed by atoms with Crippen LogP contribution in [-0.2, 0) is 14.8 Å². The number of carbonyl (C=O) groups is 1. The number of rotatable bonds is 5. The molecule has 0 heterocycles. The van der Waals surface area contributed by atoms with Gasteiger partial charge in [-0.3, -0.25) is 4.79 Å². The van der Waals surface area contributed by atoms with Crippen molar-refractivity contribution >= 4 is 21.6 Å². The lowest BCUT2D eigenvalue weighted by Crippen LogP contribution is -2.51. The predicted octanol–water partition coefficient (Wildman–Crippen LogP) is 2.28. The maximum atomic E-state index is 12.7. The highest BCUT2D eigenvalue weighted by atomic mass is 32.2. The van der Waals surface area contributed by atoms with E-state index in [0.29, 0.717) is 11.3 Å². The summed E-state index contributed by atoms with van der Waals surface area (Å²) >= 11 is 0. The Bertz CT molecular complexity index is 770. The minimum absolute atomic E-state index is 0.0443. The lowest BCUT2D eigenvalue weighted by atomic mass is 9.74. The topological polar surface area (TPSA) is 101 Å². The third kappa shape index (κ3) is 4.22. The number of amides is 1. The largest absolute Gasteiger partial charge is 0.326 e. The number of nitrogens with one attached hydrogen (secondary N) is 2. The van der Waals surface area contributed by atoms with E-state index in [2.05, 4.69) is 10.0 Å². The Morgan fingerprint density at radius 3 is 2.60 bits per heavy atom. The van der Waals surface area contributed by atoms with E-state index in [9.17, 15) is 13.2 Å². The van der Waals surface area contributed by atoms with Gasteiger partial charge in [-0.2, -0.15) is 0 Å². The van der Waals surface area contributed by atoms with Crippen LogP contribution in [-0.4, -0.2) is 25.9 Å². The average molecular weight is 365 g/mol. The van der Waals surface area contributed by atoms with Gasteiger partial charge in [0, 0.05) is 17.3 Å². The Morgan fingerprint density at radius 2 is 1.96 bits per heavy atom. The van der Waals surface area contributed by atoms with Crippen LogP contribution < -0.4 is 15.8 Å². The first kappa shape index (κ1) is 18.4. The third-order valence-corrected chi connectivity index (χ3v) is 6.88. The molecule has 2 aliphatic carbocycles. The molecule has 2 aliphatic rings. The Balaban J connectivity index is 1.79. The van der Waals surface area contributed by atoms with Crippen molar-refractivity contribution in [1.29, 1.82) is 0 Å². The number of anilines is 1. The van der Waals surface area contributed by atoms with Gasteiger partial charge in [0.05, 0.1) is 10.8 Å². The van der Waals surface area contributed by atoms with E-state index in [1.807, 2.05) is 6.92 Å². The minimum atomic E-state index is -3.56. The maximum absolute atomic E-state index is 12.7. The molecule has 0 aromatic heterocycles. The number of nitrogens with two attached hydrogens (primary N) is 1. The molecule has 4 N–H and O–H groups in total. The molecule has 2 atom stereocenters. The van der Waals surface area contributed by atoms with E-state index in [0.717, 1.165) is 38.5 Å². The molecular weight excluding hydrogens is 338 g/mol. The second-order valence-electron chi connectivity index (χ2n) is 7.67. The van der Waals surface area contributed by atoms with E-state index < -0.39 is 15.6 Å². The number of hydrogen-bond donors (Lipinski definition) is 3. The summed E-state index contributed by atoms with van der Waals surface area (Å²) in [6.07, 6.45) is 5.38. The van der Waals surface area contributed by atoms with Crippen molar-refractivity contribution < 1.29 is 13.2 Å². The molecule has 2 saturated carbocycles. The second kappa shape index (κ2) is 6.70. The highest BCUT2D eigenvalue weighted by Crippen LogP contribution is 2.33. The van der Waals surface area contributed by atoms with Crippen LogP contribution in [0, 0.1) is 12.8 Å². The first-order valence-corrected chi connectivity index (χ1v) is 10.4. The zero-order valence-electron chi connectivity index (χ0n) is 14.8. The van der Waals surface area contributed by atoms with Crippen LogP contribution in [0.2, 0.25) is 0 Å². The van der Waals surface area contributed by atoms with Crippen molar-refractivity contribution in [2.75, 3.05) is 5.32 Å². The van der Waals surface area contributed by atoms with Gasteiger partial charge >= 0.3 is 0 Å². The number of aryl methyl sites for hydroxylation is 1. The molecule has 138 valence electrons. The molecule has 1 amide bonds. The first-order chi connectivity index (χ1) is 11.7. The van der Waals surface area contributed by atoms with Crippen LogP contribution in [0.1, 0.15) is 51.0 Å². The molecule has 0 bridgehead atoms. The van der Waals surface area contributed by atoms with Gasteiger partial charge in [0.2, 0.25) is 15.9 Å². The SMILES string of the molecule is Cc1ccc(NC(=O)C2CCCCC2(C)N)cc1S(=O)(=O)NC1CC1. The summed E-state index contributed by atoms with van der Waals surface area (Å²) in [4.78, 5) is 12.9. The summed E-state index contributed by atoms with van der Waals surface area (Å²) in [6.45, 7) is 3.67. The van der Waals surface area contributed by atoms with Crippen molar-refractivity contribution in [2.24, 2.45) is 11.7 Å². The van der Waals surface area contributed by atoms with Crippen LogP contribution >= 0.6 is 0 Å². The van der Waals surface area contributed by atoms with Gasteiger partial charge in [-0.15, -0.1) is 0 Å². The monoisotopic (exact) mass is 365 g/mol. The highest BCUT2D eigenvalue weighted by molar-refractivity contribution is 7.89. The summed E-state index contributed by atoms with van der Waals surface area (Å²) in [5, 5.41) is 2.86. The standard InChI is InChI=1S/C18H27N3O3S/c1-12-6-7-14(11-16(12)25(23,24)21-13-8-9-13)20-17(22)15-5-3-4-10-18(15,2)19/h6-7,11,13,15,21H,3-5,8-10,19H2,1-2H3,(H,20,22). The lowest BCUT2D eigenvalue weighted by Gasteiger charge is -2.37. The molecular formula is C18H27N3O3S. The molecule has 6 nitrogen and oxygen atoms in total. The van der Waals surface area contributed by atoms with Gasteiger partial charge in [0.1, 0.15) is 0 Å². The van der Waals surface area contributed by atoms with Crippen molar-refractivity contribution in [2.45, 2.75) is 68.8 Å². The van der Waals surface area contributed by atoms with Crippen LogP contribution in [0.3, 0.4) is 0 Å². The molecule has 25 heavy (non-hydrogen) atoms. The summed E-state index contributed by atoms with van der Waals surface area (Å²) in [7, 11) is -3.56. The number of carbonyl (C=O) groups excluding carboxylic acids is 1. The van der Waals surface area contributed by atoms with Gasteiger partial charge in [-0.1, -0.05) is 18.9 Å². The molecule has 0 saturated heterocycles. The fourth-order valence-electron chi connectivity index (χ4n) is 3.47. The lowest BCUT2D eigenvalue weighted by molar-refractivity contribution is -0.122. The predicted molar refractivity (Wildman–Crippen MR) is 97.7 cm³/mol. The van der Waals surface area contributed by atoms with Crippen molar-refractivity contribution in [3.05, 3.63) is 23.8 Å². The molecule has 1 aromatic carbocycles. The van der Waals surface area contributed by atoms with Gasteiger partial charge in [0.15, 0.2) is 0 Å². The molecule has 2 unspecified atom stereocenters. The van der Waals surface area contributed by atoms with E-state index in [-0.39, 0.29) is 22.8 Å². The van der Waals surface area contributed by atoms with Crippen molar-refractivity contribution in [3.8, 4) is 0 Å². The molecule has 2 fully saturated rings. The van der Waals surface area contributed by atoms with Gasteiger partial charge in [-0.05, 0) is 57.2 Å². The quantitative estimate of drug-likeness (QED) is 0.745. The molecule has 0 radical (unpaired) electrons. The Hall–Kier alpha value is -1.44. The fourth-order valence-corrected chi connectivity index (χ4v) is 5.05. The van der Waals surface area contributed by atoms with Crippen LogP contribution in [0.4, 0.5) is 5.69 Å².